The summed E-state index contributed by atoms with van der Waals surface area (Å²) in [6.45, 7) is 4.16. The van der Waals surface area contributed by atoms with Crippen molar-refractivity contribution in [3.05, 3.63) is 16.6 Å². The van der Waals surface area contributed by atoms with Crippen LogP contribution in [0, 0.1) is 0 Å². The lowest BCUT2D eigenvalue weighted by atomic mass is 10.3. The predicted molar refractivity (Wildman–Crippen MR) is 50.2 cm³/mol. The molecule has 0 bridgehead atoms. The van der Waals surface area contributed by atoms with Gasteiger partial charge in [0.15, 0.2) is 0 Å². The summed E-state index contributed by atoms with van der Waals surface area (Å²) in [5.74, 6) is 0. The van der Waals surface area contributed by atoms with Gasteiger partial charge in [0.05, 0.1) is 12.6 Å². The summed E-state index contributed by atoms with van der Waals surface area (Å²) >= 11 is 1.63. The number of nitrogens with one attached hydrogen (secondary N) is 1. The van der Waals surface area contributed by atoms with E-state index in [-0.39, 0.29) is 18.7 Å². The van der Waals surface area contributed by atoms with Crippen molar-refractivity contribution in [2.24, 2.45) is 0 Å². The molecule has 1 rings (SSSR count). The van der Waals surface area contributed by atoms with Gasteiger partial charge in [0, 0.05) is 17.6 Å². The highest BCUT2D eigenvalue weighted by Gasteiger charge is 2.09. The van der Waals surface area contributed by atoms with Crippen molar-refractivity contribution in [2.45, 2.75) is 25.9 Å². The Morgan fingerprint density at radius 2 is 2.42 bits per heavy atom. The highest BCUT2D eigenvalue weighted by molar-refractivity contribution is 7.09. The van der Waals surface area contributed by atoms with Gasteiger partial charge >= 0.3 is 0 Å². The van der Waals surface area contributed by atoms with E-state index < -0.39 is 0 Å². The zero-order valence-electron chi connectivity index (χ0n) is 7.32. The zero-order valence-corrected chi connectivity index (χ0v) is 8.14. The molecule has 2 N–H and O–H groups in total. The van der Waals surface area contributed by atoms with Gasteiger partial charge in [-0.2, -0.15) is 0 Å². The van der Waals surface area contributed by atoms with Crippen LogP contribution in [0.3, 0.4) is 0 Å². The van der Waals surface area contributed by atoms with Crippen molar-refractivity contribution in [3.63, 3.8) is 0 Å². The molecule has 4 heteroatoms. The lowest BCUT2D eigenvalue weighted by Crippen LogP contribution is -2.31. The summed E-state index contributed by atoms with van der Waals surface area (Å²) in [6, 6.07) is 0.357. The zero-order chi connectivity index (χ0) is 8.97. The molecule has 0 spiro atoms. The molecule has 1 aromatic rings. The second-order valence-corrected chi connectivity index (χ2v) is 3.77. The van der Waals surface area contributed by atoms with Crippen molar-refractivity contribution in [3.8, 4) is 0 Å². The van der Waals surface area contributed by atoms with Gasteiger partial charge in [0.2, 0.25) is 0 Å². The first kappa shape index (κ1) is 9.64. The molecule has 1 aromatic heterocycles. The van der Waals surface area contributed by atoms with Crippen LogP contribution < -0.4 is 5.32 Å². The molecule has 12 heavy (non-hydrogen) atoms. The summed E-state index contributed by atoms with van der Waals surface area (Å²) < 4.78 is 0. The average Bonchev–Trinajstić information content (AvgIpc) is 2.56. The second-order valence-electron chi connectivity index (χ2n) is 2.84. The van der Waals surface area contributed by atoms with Crippen LogP contribution in [0.15, 0.2) is 11.6 Å². The van der Waals surface area contributed by atoms with Crippen LogP contribution in [0.25, 0.3) is 0 Å². The standard InChI is InChI=1S/C8H14N2OS/c1-6(5-11)10-7(2)8-9-3-4-12-8/h3-4,6-7,10-11H,5H2,1-2H3/t6-,7?/m0/s1. The van der Waals surface area contributed by atoms with Crippen molar-refractivity contribution in [1.29, 1.82) is 0 Å². The molecule has 1 unspecified atom stereocenters. The molecule has 68 valence electrons. The van der Waals surface area contributed by atoms with E-state index in [4.69, 9.17) is 5.11 Å². The van der Waals surface area contributed by atoms with Crippen LogP contribution in [0.2, 0.25) is 0 Å². The minimum Gasteiger partial charge on any atom is -0.395 e. The van der Waals surface area contributed by atoms with Gasteiger partial charge in [-0.1, -0.05) is 0 Å². The number of nitrogens with zero attached hydrogens (tertiary/aromatic N) is 1. The van der Waals surface area contributed by atoms with Crippen LogP contribution in [0.5, 0.6) is 0 Å². The number of hydrogen-bond donors (Lipinski definition) is 2. The van der Waals surface area contributed by atoms with E-state index in [0.717, 1.165) is 5.01 Å². The average molecular weight is 186 g/mol. The number of aliphatic hydroxyl groups is 1. The fourth-order valence-electron chi connectivity index (χ4n) is 0.999. The van der Waals surface area contributed by atoms with Gasteiger partial charge in [-0.05, 0) is 13.8 Å². The van der Waals surface area contributed by atoms with Crippen molar-refractivity contribution in [1.82, 2.24) is 10.3 Å². The van der Waals surface area contributed by atoms with Gasteiger partial charge in [0.25, 0.3) is 0 Å². The van der Waals surface area contributed by atoms with E-state index in [9.17, 15) is 0 Å². The lowest BCUT2D eigenvalue weighted by Gasteiger charge is -2.15. The van der Waals surface area contributed by atoms with Gasteiger partial charge in [-0.3, -0.25) is 0 Å². The molecular formula is C8H14N2OS. The van der Waals surface area contributed by atoms with Crippen molar-refractivity contribution < 1.29 is 5.11 Å². The molecular weight excluding hydrogens is 172 g/mol. The summed E-state index contributed by atoms with van der Waals surface area (Å²) in [5.41, 5.74) is 0. The highest BCUT2D eigenvalue weighted by Crippen LogP contribution is 2.14. The Balaban J connectivity index is 2.44. The quantitative estimate of drug-likeness (QED) is 0.742. The maximum atomic E-state index is 8.80. The van der Waals surface area contributed by atoms with Gasteiger partial charge in [0.1, 0.15) is 5.01 Å². The number of thiazole rings is 1. The minimum absolute atomic E-state index is 0.129. The van der Waals surface area contributed by atoms with Crippen molar-refractivity contribution in [2.75, 3.05) is 6.61 Å². The fourth-order valence-corrected chi connectivity index (χ4v) is 1.65. The molecule has 0 aliphatic rings. The summed E-state index contributed by atoms with van der Waals surface area (Å²) in [4.78, 5) is 4.18. The molecule has 0 aliphatic heterocycles. The van der Waals surface area contributed by atoms with Crippen LogP contribution in [-0.2, 0) is 0 Å². The van der Waals surface area contributed by atoms with E-state index in [2.05, 4.69) is 10.3 Å². The van der Waals surface area contributed by atoms with Gasteiger partial charge in [-0.25, -0.2) is 4.98 Å². The number of aromatic nitrogens is 1. The monoisotopic (exact) mass is 186 g/mol. The van der Waals surface area contributed by atoms with E-state index in [1.807, 2.05) is 19.2 Å². The molecule has 1 heterocycles. The lowest BCUT2D eigenvalue weighted by molar-refractivity contribution is 0.243. The van der Waals surface area contributed by atoms with E-state index in [1.165, 1.54) is 0 Å². The molecule has 0 saturated carbocycles. The molecule has 2 atom stereocenters. The topological polar surface area (TPSA) is 45.1 Å². The Morgan fingerprint density at radius 3 is 2.92 bits per heavy atom. The van der Waals surface area contributed by atoms with E-state index in [0.29, 0.717) is 0 Å². The normalized spacial score (nSPS) is 15.9. The SMILES string of the molecule is CC(N[C@@H](C)CO)c1nccs1. The molecule has 0 fully saturated rings. The highest BCUT2D eigenvalue weighted by atomic mass is 32.1. The summed E-state index contributed by atoms with van der Waals surface area (Å²) in [6.07, 6.45) is 1.79. The molecule has 3 nitrogen and oxygen atoms in total. The first-order valence-corrected chi connectivity index (χ1v) is 4.88. The number of rotatable bonds is 4. The maximum absolute atomic E-state index is 8.80. The Kier molecular flexibility index (Phi) is 3.65. The third-order valence-electron chi connectivity index (χ3n) is 1.63. The molecule has 0 saturated heterocycles. The van der Waals surface area contributed by atoms with E-state index >= 15 is 0 Å². The number of hydrogen-bond acceptors (Lipinski definition) is 4. The fraction of sp³-hybridized carbons (Fsp3) is 0.625. The third kappa shape index (κ3) is 2.55. The first-order chi connectivity index (χ1) is 5.74. The first-order valence-electron chi connectivity index (χ1n) is 4.00. The second kappa shape index (κ2) is 4.54. The minimum atomic E-state index is 0.129. The molecule has 0 amide bonds. The Hall–Kier alpha value is -0.450. The molecule has 0 radical (unpaired) electrons. The Labute approximate surface area is 76.5 Å². The largest absolute Gasteiger partial charge is 0.395 e. The third-order valence-corrected chi connectivity index (χ3v) is 2.59. The van der Waals surface area contributed by atoms with E-state index in [1.54, 1.807) is 17.5 Å². The summed E-state index contributed by atoms with van der Waals surface area (Å²) in [5, 5.41) is 15.1. The number of aliphatic hydroxyl groups excluding tert-OH is 1. The Morgan fingerprint density at radius 1 is 1.67 bits per heavy atom. The molecule has 0 aliphatic carbocycles. The van der Waals surface area contributed by atoms with Crippen LogP contribution >= 0.6 is 11.3 Å². The summed E-state index contributed by atoms with van der Waals surface area (Å²) in [7, 11) is 0. The smallest absolute Gasteiger partial charge is 0.109 e. The van der Waals surface area contributed by atoms with Crippen molar-refractivity contribution >= 4 is 11.3 Å². The Bertz CT molecular complexity index is 213. The van der Waals surface area contributed by atoms with Gasteiger partial charge < -0.3 is 10.4 Å². The van der Waals surface area contributed by atoms with Crippen LogP contribution in [0.1, 0.15) is 24.9 Å². The predicted octanol–water partition coefficient (Wildman–Crippen LogP) is 1.17. The van der Waals surface area contributed by atoms with Crippen LogP contribution in [0.4, 0.5) is 0 Å². The molecule has 0 aromatic carbocycles. The maximum Gasteiger partial charge on any atom is 0.109 e. The van der Waals surface area contributed by atoms with Crippen LogP contribution in [-0.4, -0.2) is 22.7 Å². The van der Waals surface area contributed by atoms with Gasteiger partial charge in [-0.15, -0.1) is 11.3 Å².